The zero-order valence-electron chi connectivity index (χ0n) is 17.9. The van der Waals surface area contributed by atoms with Gasteiger partial charge in [-0.15, -0.1) is 0 Å². The van der Waals surface area contributed by atoms with Gasteiger partial charge < -0.3 is 19.8 Å². The van der Waals surface area contributed by atoms with Crippen molar-refractivity contribution in [1.29, 1.82) is 0 Å². The topological polar surface area (TPSA) is 76.2 Å². The third-order valence-electron chi connectivity index (χ3n) is 5.35. The lowest BCUT2D eigenvalue weighted by molar-refractivity contribution is 0.413. The van der Waals surface area contributed by atoms with Crippen molar-refractivity contribution in [3.8, 4) is 11.5 Å². The zero-order valence-corrected chi connectivity index (χ0v) is 18.6. The lowest BCUT2D eigenvalue weighted by Crippen LogP contribution is -2.25. The summed E-state index contributed by atoms with van der Waals surface area (Å²) in [5.74, 6) is 2.19. The fourth-order valence-corrected chi connectivity index (χ4v) is 3.78. The molecule has 1 atom stereocenters. The SMILES string of the molecule is COc1ccc(C[C@H](NCc2nc3ccc(Cl)cc3c(=O)[nH]2)c2ccc(OC)cc2)cc1. The molecule has 1 heterocycles. The summed E-state index contributed by atoms with van der Waals surface area (Å²) in [6, 6.07) is 21.1. The monoisotopic (exact) mass is 449 g/mol. The molecule has 1 aromatic heterocycles. The first-order valence-electron chi connectivity index (χ1n) is 10.2. The van der Waals surface area contributed by atoms with Crippen LogP contribution in [0.4, 0.5) is 0 Å². The first kappa shape index (κ1) is 21.9. The van der Waals surface area contributed by atoms with E-state index in [9.17, 15) is 4.79 Å². The normalized spacial score (nSPS) is 12.0. The van der Waals surface area contributed by atoms with Gasteiger partial charge in [0.2, 0.25) is 0 Å². The minimum atomic E-state index is -0.203. The van der Waals surface area contributed by atoms with Crippen LogP contribution in [-0.4, -0.2) is 24.2 Å². The Balaban J connectivity index is 1.58. The number of nitrogens with zero attached hydrogens (tertiary/aromatic N) is 1. The molecule has 0 fully saturated rings. The average molecular weight is 450 g/mol. The van der Waals surface area contributed by atoms with Crippen LogP contribution in [0.5, 0.6) is 11.5 Å². The molecule has 164 valence electrons. The maximum atomic E-state index is 12.5. The van der Waals surface area contributed by atoms with Gasteiger partial charge in [-0.1, -0.05) is 35.9 Å². The molecule has 0 amide bonds. The highest BCUT2D eigenvalue weighted by Crippen LogP contribution is 2.23. The highest BCUT2D eigenvalue weighted by Gasteiger charge is 2.14. The molecule has 0 saturated carbocycles. The fraction of sp³-hybridized carbons (Fsp3) is 0.200. The molecular weight excluding hydrogens is 426 g/mol. The Morgan fingerprint density at radius 3 is 2.28 bits per heavy atom. The first-order valence-corrected chi connectivity index (χ1v) is 10.6. The molecule has 0 aliphatic heterocycles. The highest BCUT2D eigenvalue weighted by atomic mass is 35.5. The number of fused-ring (bicyclic) bond motifs is 1. The van der Waals surface area contributed by atoms with Crippen molar-refractivity contribution in [2.75, 3.05) is 14.2 Å². The van der Waals surface area contributed by atoms with Gasteiger partial charge in [-0.05, 0) is 60.0 Å². The van der Waals surface area contributed by atoms with Crippen molar-refractivity contribution < 1.29 is 9.47 Å². The third-order valence-corrected chi connectivity index (χ3v) is 5.58. The van der Waals surface area contributed by atoms with E-state index >= 15 is 0 Å². The number of hydrogen-bond acceptors (Lipinski definition) is 5. The number of methoxy groups -OCH3 is 2. The molecular formula is C25H24ClN3O3. The quantitative estimate of drug-likeness (QED) is 0.409. The number of aromatic amines is 1. The molecule has 0 unspecified atom stereocenters. The predicted octanol–water partition coefficient (Wildman–Crippen LogP) is 4.67. The van der Waals surface area contributed by atoms with Gasteiger partial charge in [0.05, 0.1) is 31.7 Å². The van der Waals surface area contributed by atoms with Crippen LogP contribution in [0.25, 0.3) is 10.9 Å². The summed E-state index contributed by atoms with van der Waals surface area (Å²) in [6.07, 6.45) is 0.754. The Hall–Kier alpha value is -3.35. The van der Waals surface area contributed by atoms with E-state index in [1.54, 1.807) is 32.4 Å². The molecule has 0 aliphatic carbocycles. The van der Waals surface area contributed by atoms with Crippen LogP contribution < -0.4 is 20.3 Å². The van der Waals surface area contributed by atoms with Gasteiger partial charge >= 0.3 is 0 Å². The first-order chi connectivity index (χ1) is 15.6. The lowest BCUT2D eigenvalue weighted by Gasteiger charge is -2.20. The number of hydrogen-bond donors (Lipinski definition) is 2. The Morgan fingerprint density at radius 1 is 0.969 bits per heavy atom. The second kappa shape index (κ2) is 9.85. The van der Waals surface area contributed by atoms with Crippen LogP contribution in [0.15, 0.2) is 71.5 Å². The smallest absolute Gasteiger partial charge is 0.258 e. The largest absolute Gasteiger partial charge is 0.497 e. The summed E-state index contributed by atoms with van der Waals surface area (Å²) >= 11 is 6.01. The van der Waals surface area contributed by atoms with E-state index in [-0.39, 0.29) is 11.6 Å². The van der Waals surface area contributed by atoms with Crippen molar-refractivity contribution in [1.82, 2.24) is 15.3 Å². The van der Waals surface area contributed by atoms with E-state index in [1.165, 1.54) is 0 Å². The zero-order chi connectivity index (χ0) is 22.5. The van der Waals surface area contributed by atoms with E-state index in [2.05, 4.69) is 27.4 Å². The van der Waals surface area contributed by atoms with Gasteiger partial charge in [0.25, 0.3) is 5.56 Å². The molecule has 3 aromatic carbocycles. The molecule has 0 radical (unpaired) electrons. The van der Waals surface area contributed by atoms with E-state index in [0.717, 1.165) is 29.0 Å². The van der Waals surface area contributed by atoms with Crippen molar-refractivity contribution in [3.63, 3.8) is 0 Å². The molecule has 0 bridgehead atoms. The van der Waals surface area contributed by atoms with E-state index in [4.69, 9.17) is 21.1 Å². The summed E-state index contributed by atoms with van der Waals surface area (Å²) < 4.78 is 10.6. The Bertz CT molecular complexity index is 1250. The van der Waals surface area contributed by atoms with Crippen LogP contribution in [0.2, 0.25) is 5.02 Å². The number of halogens is 1. The van der Waals surface area contributed by atoms with Gasteiger partial charge in [0.1, 0.15) is 17.3 Å². The lowest BCUT2D eigenvalue weighted by atomic mass is 9.98. The molecule has 7 heteroatoms. The Morgan fingerprint density at radius 2 is 1.62 bits per heavy atom. The molecule has 2 N–H and O–H groups in total. The summed E-state index contributed by atoms with van der Waals surface area (Å²) in [5.41, 5.74) is 2.68. The standard InChI is InChI=1S/C25H24ClN3O3/c1-31-19-8-3-16(4-9-19)13-23(17-5-10-20(32-2)11-6-17)27-15-24-28-22-12-7-18(26)14-21(22)25(30)29-24/h3-12,14,23,27H,13,15H2,1-2H3,(H,28,29,30)/t23-/m0/s1. The number of benzene rings is 3. The summed E-state index contributed by atoms with van der Waals surface area (Å²) in [6.45, 7) is 0.403. The number of ether oxygens (including phenoxy) is 2. The van der Waals surface area contributed by atoms with Crippen molar-refractivity contribution >= 4 is 22.5 Å². The summed E-state index contributed by atoms with van der Waals surface area (Å²) in [5, 5.41) is 4.53. The fourth-order valence-electron chi connectivity index (χ4n) is 3.60. The number of H-pyrrole nitrogens is 1. The van der Waals surface area contributed by atoms with Crippen LogP contribution in [0, 0.1) is 0 Å². The highest BCUT2D eigenvalue weighted by molar-refractivity contribution is 6.31. The molecule has 4 rings (SSSR count). The Labute approximate surface area is 191 Å². The van der Waals surface area contributed by atoms with Crippen molar-refractivity contribution in [2.45, 2.75) is 19.0 Å². The predicted molar refractivity (Wildman–Crippen MR) is 127 cm³/mol. The minimum Gasteiger partial charge on any atom is -0.497 e. The van der Waals surface area contributed by atoms with E-state index in [1.807, 2.05) is 36.4 Å². The molecule has 0 spiro atoms. The number of nitrogens with one attached hydrogen (secondary N) is 2. The van der Waals surface area contributed by atoms with Crippen LogP contribution >= 0.6 is 11.6 Å². The van der Waals surface area contributed by atoms with Crippen LogP contribution in [-0.2, 0) is 13.0 Å². The second-order valence-corrected chi connectivity index (χ2v) is 7.87. The Kier molecular flexibility index (Phi) is 6.73. The number of rotatable bonds is 8. The molecule has 0 aliphatic rings. The number of aromatic nitrogens is 2. The maximum absolute atomic E-state index is 12.5. The molecule has 0 saturated heterocycles. The minimum absolute atomic E-state index is 0.000479. The molecule has 6 nitrogen and oxygen atoms in total. The van der Waals surface area contributed by atoms with E-state index < -0.39 is 0 Å². The van der Waals surface area contributed by atoms with Crippen LogP contribution in [0.1, 0.15) is 23.0 Å². The second-order valence-electron chi connectivity index (χ2n) is 7.43. The van der Waals surface area contributed by atoms with Gasteiger partial charge in [0.15, 0.2) is 0 Å². The summed E-state index contributed by atoms with van der Waals surface area (Å²) in [7, 11) is 3.30. The van der Waals surface area contributed by atoms with Crippen molar-refractivity contribution in [3.05, 3.63) is 99.1 Å². The van der Waals surface area contributed by atoms with Gasteiger partial charge in [0, 0.05) is 11.1 Å². The van der Waals surface area contributed by atoms with Gasteiger partial charge in [-0.25, -0.2) is 4.98 Å². The van der Waals surface area contributed by atoms with E-state index in [0.29, 0.717) is 28.3 Å². The van der Waals surface area contributed by atoms with Gasteiger partial charge in [-0.3, -0.25) is 4.79 Å². The maximum Gasteiger partial charge on any atom is 0.258 e. The molecule has 4 aromatic rings. The average Bonchev–Trinajstić information content (AvgIpc) is 2.82. The van der Waals surface area contributed by atoms with Crippen LogP contribution in [0.3, 0.4) is 0 Å². The third kappa shape index (κ3) is 5.10. The molecule has 32 heavy (non-hydrogen) atoms. The summed E-state index contributed by atoms with van der Waals surface area (Å²) in [4.78, 5) is 19.9. The van der Waals surface area contributed by atoms with Crippen molar-refractivity contribution in [2.24, 2.45) is 0 Å². The van der Waals surface area contributed by atoms with Gasteiger partial charge in [-0.2, -0.15) is 0 Å².